The zero-order valence-corrected chi connectivity index (χ0v) is 39.2. The normalized spacial score (nSPS) is 13.3. The summed E-state index contributed by atoms with van der Waals surface area (Å²) in [5.74, 6) is -0.420. The quantitative estimate of drug-likeness (QED) is 0.0499. The first kappa shape index (κ1) is 61.1. The summed E-state index contributed by atoms with van der Waals surface area (Å²) >= 11 is 5.52. The molecule has 0 aliphatic heterocycles. The minimum atomic E-state index is -6.13. The monoisotopic (exact) mass is 1180 g/mol. The van der Waals surface area contributed by atoms with E-state index in [1.165, 1.54) is 0 Å². The first-order valence-corrected chi connectivity index (χ1v) is 22.1. The predicted molar refractivity (Wildman–Crippen MR) is 236 cm³/mol. The Morgan fingerprint density at radius 2 is 0.658 bits per heavy atom. The van der Waals surface area contributed by atoms with Gasteiger partial charge in [-0.25, -0.2) is 4.79 Å². The predicted octanol–water partition coefficient (Wildman–Crippen LogP) is 14.7. The third kappa shape index (κ3) is 13.8. The van der Waals surface area contributed by atoms with E-state index in [4.69, 9.17) is 16.3 Å². The van der Waals surface area contributed by atoms with Crippen molar-refractivity contribution in [3.05, 3.63) is 195 Å². The first-order valence-electron chi connectivity index (χ1n) is 21.6. The van der Waals surface area contributed by atoms with Crippen molar-refractivity contribution in [1.82, 2.24) is 0 Å². The molecular formula is C50H27BClF24NO2. The van der Waals surface area contributed by atoms with E-state index >= 15 is 0 Å². The number of rotatable bonds is 8. The van der Waals surface area contributed by atoms with E-state index in [0.29, 0.717) is 12.2 Å². The summed E-state index contributed by atoms with van der Waals surface area (Å²) in [6, 6.07) is 12.7. The minimum absolute atomic E-state index is 0.156. The molecule has 0 amide bonds. The lowest BCUT2D eigenvalue weighted by molar-refractivity contribution is -0.665. The zero-order valence-electron chi connectivity index (χ0n) is 38.5. The van der Waals surface area contributed by atoms with E-state index < -0.39 is 201 Å². The summed E-state index contributed by atoms with van der Waals surface area (Å²) in [5.41, 5.74) is -27.6. The highest BCUT2D eigenvalue weighted by Crippen LogP contribution is 2.41. The van der Waals surface area contributed by atoms with E-state index in [1.54, 1.807) is 6.07 Å². The topological polar surface area (TPSA) is 30.2 Å². The second-order valence-electron chi connectivity index (χ2n) is 17.1. The van der Waals surface area contributed by atoms with Crippen LogP contribution >= 0.6 is 11.6 Å². The van der Waals surface area contributed by atoms with Crippen LogP contribution in [0.1, 0.15) is 60.6 Å². The van der Waals surface area contributed by atoms with E-state index in [-0.39, 0.29) is 6.07 Å². The molecule has 0 spiro atoms. The van der Waals surface area contributed by atoms with Crippen LogP contribution in [0.2, 0.25) is 0 Å². The molecule has 7 aromatic rings. The van der Waals surface area contributed by atoms with E-state index in [9.17, 15) is 110 Å². The maximum absolute atomic E-state index is 14.2. The highest BCUT2D eigenvalue weighted by atomic mass is 35.5. The molecule has 0 saturated carbocycles. The molecule has 0 aliphatic carbocycles. The molecule has 3 nitrogen and oxygen atoms in total. The minimum Gasteiger partial charge on any atom is -0.441 e. The number of ether oxygens (including phenoxy) is 1. The molecule has 7 rings (SSSR count). The van der Waals surface area contributed by atoms with Crippen molar-refractivity contribution >= 4 is 56.5 Å². The molecule has 6 aromatic carbocycles. The van der Waals surface area contributed by atoms with Crippen molar-refractivity contribution in [1.29, 1.82) is 0 Å². The molecule has 0 unspecified atom stereocenters. The van der Waals surface area contributed by atoms with Gasteiger partial charge in [0, 0.05) is 23.1 Å². The smallest absolute Gasteiger partial charge is 0.416 e. The summed E-state index contributed by atoms with van der Waals surface area (Å²) in [7, 11) is 0. The zero-order chi connectivity index (χ0) is 59.3. The number of hydrogen-bond acceptors (Lipinski definition) is 2. The van der Waals surface area contributed by atoms with Crippen LogP contribution in [0.25, 0.3) is 10.9 Å². The second kappa shape index (κ2) is 21.5. The number of hydrogen-bond donors (Lipinski definition) is 0. The van der Waals surface area contributed by atoms with Gasteiger partial charge in [0.1, 0.15) is 6.15 Å². The number of nitrogens with zero attached hydrogens (tertiary/aromatic N) is 1. The molecule has 0 bridgehead atoms. The summed E-state index contributed by atoms with van der Waals surface area (Å²) in [6.07, 6.45) is -54.8. The Morgan fingerprint density at radius 3 is 0.937 bits per heavy atom. The number of fused-ring (bicyclic) bond motifs is 1. The van der Waals surface area contributed by atoms with Gasteiger partial charge in [-0.15, -0.1) is 0 Å². The van der Waals surface area contributed by atoms with Crippen LogP contribution in [-0.4, -0.2) is 18.2 Å². The Labute approximate surface area is 432 Å². The number of benzene rings is 6. The van der Waals surface area contributed by atoms with Gasteiger partial charge >= 0.3 is 55.4 Å². The number of alkyl halides is 25. The Kier molecular flexibility index (Phi) is 16.6. The maximum Gasteiger partial charge on any atom is 0.416 e. The average Bonchev–Trinajstić information content (AvgIpc) is 3.54. The van der Waals surface area contributed by atoms with Gasteiger partial charge in [0.2, 0.25) is 5.52 Å². The number of carbonyl (C=O) groups excluding carboxylic acids is 1. The van der Waals surface area contributed by atoms with Gasteiger partial charge in [-0.3, -0.25) is 0 Å². The number of carbonyl (C=O) groups is 1. The van der Waals surface area contributed by atoms with Crippen LogP contribution in [0.15, 0.2) is 140 Å². The lowest BCUT2D eigenvalue weighted by Gasteiger charge is -2.46. The van der Waals surface area contributed by atoms with E-state index in [0.717, 1.165) is 16.5 Å². The molecule has 29 heteroatoms. The summed E-state index contributed by atoms with van der Waals surface area (Å²) in [4.78, 5) is 12.2. The third-order valence-corrected chi connectivity index (χ3v) is 12.1. The van der Waals surface area contributed by atoms with Crippen LogP contribution in [0.3, 0.4) is 0 Å². The molecule has 1 aromatic heterocycles. The number of pyridine rings is 1. The Morgan fingerprint density at radius 1 is 0.380 bits per heavy atom. The molecular weight excluding hydrogens is 1150 g/mol. The Balaban J connectivity index is 0.000000378. The van der Waals surface area contributed by atoms with Crippen molar-refractivity contribution in [3.63, 3.8) is 0 Å². The summed E-state index contributed by atoms with van der Waals surface area (Å²) in [5, 5.41) is 1.07. The fourth-order valence-electron chi connectivity index (χ4n) is 8.57. The van der Waals surface area contributed by atoms with Crippen LogP contribution in [0.4, 0.5) is 105 Å². The van der Waals surface area contributed by atoms with Crippen LogP contribution in [-0.2, 0) is 60.7 Å². The van der Waals surface area contributed by atoms with Crippen LogP contribution in [0, 0.1) is 0 Å². The van der Waals surface area contributed by atoms with Crippen molar-refractivity contribution in [3.8, 4) is 0 Å². The maximum atomic E-state index is 14.2. The molecule has 1 heterocycles. The molecule has 0 atom stereocenters. The molecule has 0 aliphatic rings. The summed E-state index contributed by atoms with van der Waals surface area (Å²) in [6.45, 7) is 0.592. The van der Waals surface area contributed by atoms with Gasteiger partial charge in [0.15, 0.2) is 12.6 Å². The number of para-hydroxylation sites is 1. The van der Waals surface area contributed by atoms with Crippen LogP contribution in [0.5, 0.6) is 0 Å². The highest BCUT2D eigenvalue weighted by Gasteiger charge is 2.47. The molecule has 0 radical (unpaired) electrons. The largest absolute Gasteiger partial charge is 0.441 e. The van der Waals surface area contributed by atoms with Gasteiger partial charge in [-0.2, -0.15) is 132 Å². The Hall–Kier alpha value is -7.13. The molecule has 422 valence electrons. The highest BCUT2D eigenvalue weighted by molar-refractivity contribution is 7.20. The van der Waals surface area contributed by atoms with Gasteiger partial charge in [-0.1, -0.05) is 103 Å². The van der Waals surface area contributed by atoms with Gasteiger partial charge in [0.25, 0.3) is 5.69 Å². The SMILES string of the molecule is FC(F)(F)c1cc([B-](c2cc(C(F)(F)F)cc(C(F)(F)F)c2)(c2cc(C(F)(F)F)cc(C(F)(F)F)c2)c2cc(C(F)(F)F)cc(C(F)(F)F)c2)cc(C(F)(F)F)c1.O=C(OCCl)c1ccc2ccccc2[n+]1Cc1ccccc1. The molecule has 79 heavy (non-hydrogen) atoms. The van der Waals surface area contributed by atoms with Crippen molar-refractivity contribution in [2.24, 2.45) is 0 Å². The number of esters is 1. The van der Waals surface area contributed by atoms with Gasteiger partial charge in [-0.05, 0) is 36.4 Å². The van der Waals surface area contributed by atoms with Gasteiger partial charge < -0.3 is 4.74 Å². The lowest BCUT2D eigenvalue weighted by atomic mass is 9.12. The van der Waals surface area contributed by atoms with Gasteiger partial charge in [0.05, 0.1) is 44.5 Å². The van der Waals surface area contributed by atoms with E-state index in [1.807, 2.05) is 65.2 Å². The number of halogens is 25. The molecule has 0 fully saturated rings. The van der Waals surface area contributed by atoms with Crippen molar-refractivity contribution in [2.45, 2.75) is 56.0 Å². The standard InChI is InChI=1S/C32H12BF24.C18H15ClNO2/c34-25(35,36)13-1-14(26(37,38)39)6-21(5-13)33(22-7-15(27(40,41)42)2-16(8-22)28(43,44)45,23-9-17(29(46,47)48)3-18(10-23)30(49,50)51)24-11-19(31(52,53)54)4-20(12-24)32(55,56)57;19-13-22-18(21)17-11-10-15-8-4-5-9-16(15)20(17)12-14-6-2-1-3-7-14/h1-12H;1-11H,12-13H2/q-1;+1. The van der Waals surface area contributed by atoms with Crippen LogP contribution < -0.4 is 26.4 Å². The molecule has 0 saturated heterocycles. The Bertz CT molecular complexity index is 2920. The lowest BCUT2D eigenvalue weighted by Crippen LogP contribution is -2.75. The summed E-state index contributed by atoms with van der Waals surface area (Å²) < 4.78 is 348. The second-order valence-corrected chi connectivity index (χ2v) is 17.3. The fourth-order valence-corrected chi connectivity index (χ4v) is 8.67. The first-order chi connectivity index (χ1) is 36.1. The average molecular weight is 1180 g/mol. The van der Waals surface area contributed by atoms with E-state index in [2.05, 4.69) is 0 Å². The van der Waals surface area contributed by atoms with Crippen molar-refractivity contribution < 1.29 is 119 Å². The fraction of sp³-hybridized carbons (Fsp3) is 0.200. The number of aromatic nitrogens is 1. The third-order valence-electron chi connectivity index (χ3n) is 12.0. The molecule has 0 N–H and O–H groups in total. The van der Waals surface area contributed by atoms with Crippen molar-refractivity contribution in [2.75, 3.05) is 6.07 Å².